The number of amides is 2. The molecule has 1 heterocycles. The highest BCUT2D eigenvalue weighted by atomic mass is 16.2. The van der Waals surface area contributed by atoms with Crippen molar-refractivity contribution in [3.05, 3.63) is 41.1 Å². The molecular formula is C26H41N7O. The summed E-state index contributed by atoms with van der Waals surface area (Å²) in [6.45, 7) is 4.38. The molecule has 2 aliphatic carbocycles. The average molecular weight is 468 g/mol. The van der Waals surface area contributed by atoms with Crippen LogP contribution >= 0.6 is 0 Å². The molecule has 0 radical (unpaired) electrons. The van der Waals surface area contributed by atoms with Crippen LogP contribution < -0.4 is 26.6 Å². The SMILES string of the molecule is CC.CN(C)c1nc(NC2CCC(N(C(N)=O)c3ccccc3CN)CC2)nc2c1CCCC2. The van der Waals surface area contributed by atoms with Crippen molar-refractivity contribution in [3.63, 3.8) is 0 Å². The maximum absolute atomic E-state index is 12.3. The molecule has 8 heteroatoms. The van der Waals surface area contributed by atoms with Crippen molar-refractivity contribution in [2.45, 2.75) is 83.8 Å². The summed E-state index contributed by atoms with van der Waals surface area (Å²) in [5.41, 5.74) is 15.9. The second-order valence-electron chi connectivity index (χ2n) is 9.09. The van der Waals surface area contributed by atoms with Gasteiger partial charge in [0.15, 0.2) is 0 Å². The first-order valence-electron chi connectivity index (χ1n) is 12.7. The van der Waals surface area contributed by atoms with Crippen LogP contribution in [0.2, 0.25) is 0 Å². The fraction of sp³-hybridized carbons (Fsp3) is 0.577. The van der Waals surface area contributed by atoms with Crippen LogP contribution in [0.4, 0.5) is 22.2 Å². The van der Waals surface area contributed by atoms with E-state index in [9.17, 15) is 4.79 Å². The molecule has 0 spiro atoms. The van der Waals surface area contributed by atoms with E-state index in [1.54, 1.807) is 4.90 Å². The van der Waals surface area contributed by atoms with E-state index in [0.717, 1.165) is 61.5 Å². The first-order valence-corrected chi connectivity index (χ1v) is 12.7. The molecule has 34 heavy (non-hydrogen) atoms. The molecule has 0 unspecified atom stereocenters. The number of benzene rings is 1. The number of hydrogen-bond donors (Lipinski definition) is 3. The quantitative estimate of drug-likeness (QED) is 0.586. The van der Waals surface area contributed by atoms with Gasteiger partial charge in [-0.3, -0.25) is 4.90 Å². The number of fused-ring (bicyclic) bond motifs is 1. The standard InChI is InChI=1S/C24H35N7O.C2H6/c1-30(2)22-19-8-4-5-9-20(19)28-24(29-22)27-17-11-13-18(14-12-17)31(23(26)32)21-10-6-3-7-16(21)15-25;1-2/h3,6-7,10,17-18H,4-5,8-9,11-15,25H2,1-2H3,(H2,26,32)(H,27,28,29);1-2H3. The number of carbonyl (C=O) groups excluding carboxylic acids is 1. The van der Waals surface area contributed by atoms with Crippen molar-refractivity contribution in [1.29, 1.82) is 0 Å². The van der Waals surface area contributed by atoms with Gasteiger partial charge in [-0.05, 0) is 63.0 Å². The van der Waals surface area contributed by atoms with E-state index in [-0.39, 0.29) is 12.1 Å². The van der Waals surface area contributed by atoms with Crippen LogP contribution in [0.15, 0.2) is 24.3 Å². The van der Waals surface area contributed by atoms with Crippen LogP contribution in [0.25, 0.3) is 0 Å². The number of carbonyl (C=O) groups is 1. The van der Waals surface area contributed by atoms with Gasteiger partial charge in [-0.25, -0.2) is 9.78 Å². The number of urea groups is 1. The fourth-order valence-electron chi connectivity index (χ4n) is 5.08. The highest BCUT2D eigenvalue weighted by Crippen LogP contribution is 2.32. The number of hydrogen-bond acceptors (Lipinski definition) is 6. The Morgan fingerprint density at radius 2 is 1.74 bits per heavy atom. The Morgan fingerprint density at radius 3 is 2.38 bits per heavy atom. The number of para-hydroxylation sites is 1. The first kappa shape index (κ1) is 25.7. The predicted molar refractivity (Wildman–Crippen MR) is 140 cm³/mol. The lowest BCUT2D eigenvalue weighted by atomic mass is 9.89. The van der Waals surface area contributed by atoms with Crippen LogP contribution in [0.3, 0.4) is 0 Å². The Morgan fingerprint density at radius 1 is 1.06 bits per heavy atom. The van der Waals surface area contributed by atoms with Gasteiger partial charge in [-0.15, -0.1) is 0 Å². The van der Waals surface area contributed by atoms with E-state index in [4.69, 9.17) is 21.4 Å². The van der Waals surface area contributed by atoms with Crippen molar-refractivity contribution in [2.75, 3.05) is 29.2 Å². The molecule has 1 aromatic heterocycles. The summed E-state index contributed by atoms with van der Waals surface area (Å²) in [6.07, 6.45) is 8.06. The Labute approximate surface area is 204 Å². The number of nitrogens with one attached hydrogen (secondary N) is 1. The van der Waals surface area contributed by atoms with Gasteiger partial charge < -0.3 is 21.7 Å². The van der Waals surface area contributed by atoms with Crippen molar-refractivity contribution < 1.29 is 4.79 Å². The molecule has 1 fully saturated rings. The number of aryl methyl sites for hydroxylation is 1. The second-order valence-corrected chi connectivity index (χ2v) is 9.09. The number of nitrogens with zero attached hydrogens (tertiary/aromatic N) is 4. The molecule has 0 bridgehead atoms. The normalized spacial score (nSPS) is 19.3. The van der Waals surface area contributed by atoms with Gasteiger partial charge in [0.2, 0.25) is 5.95 Å². The van der Waals surface area contributed by atoms with Gasteiger partial charge in [0.05, 0.1) is 11.4 Å². The molecule has 1 aromatic carbocycles. The van der Waals surface area contributed by atoms with Gasteiger partial charge in [-0.2, -0.15) is 4.98 Å². The largest absolute Gasteiger partial charge is 0.362 e. The molecule has 5 N–H and O–H groups in total. The molecule has 0 atom stereocenters. The molecular weight excluding hydrogens is 426 g/mol. The maximum atomic E-state index is 12.3. The van der Waals surface area contributed by atoms with Crippen molar-refractivity contribution in [1.82, 2.24) is 9.97 Å². The summed E-state index contributed by atoms with van der Waals surface area (Å²) in [5, 5.41) is 3.57. The molecule has 1 saturated carbocycles. The maximum Gasteiger partial charge on any atom is 0.319 e. The number of rotatable bonds is 6. The monoisotopic (exact) mass is 467 g/mol. The smallest absolute Gasteiger partial charge is 0.319 e. The average Bonchev–Trinajstić information content (AvgIpc) is 2.86. The summed E-state index contributed by atoms with van der Waals surface area (Å²) in [6, 6.07) is 7.67. The molecule has 0 aliphatic heterocycles. The summed E-state index contributed by atoms with van der Waals surface area (Å²) in [4.78, 5) is 25.9. The van der Waals surface area contributed by atoms with Crippen LogP contribution in [-0.2, 0) is 19.4 Å². The molecule has 4 rings (SSSR count). The number of primary amides is 1. The van der Waals surface area contributed by atoms with E-state index >= 15 is 0 Å². The number of anilines is 3. The lowest BCUT2D eigenvalue weighted by Crippen LogP contribution is -2.47. The van der Waals surface area contributed by atoms with E-state index < -0.39 is 6.03 Å². The van der Waals surface area contributed by atoms with Crippen molar-refractivity contribution >= 4 is 23.5 Å². The number of nitrogens with two attached hydrogens (primary N) is 2. The molecule has 0 saturated heterocycles. The minimum Gasteiger partial charge on any atom is -0.362 e. The van der Waals surface area contributed by atoms with Gasteiger partial charge >= 0.3 is 6.03 Å². The Balaban J connectivity index is 0.00000158. The van der Waals surface area contributed by atoms with Crippen LogP contribution in [0.5, 0.6) is 0 Å². The van der Waals surface area contributed by atoms with E-state index in [1.807, 2.05) is 52.2 Å². The zero-order valence-corrected chi connectivity index (χ0v) is 21.2. The fourth-order valence-corrected chi connectivity index (χ4v) is 5.08. The third kappa shape index (κ3) is 5.78. The lowest BCUT2D eigenvalue weighted by molar-refractivity contribution is 0.248. The molecule has 186 valence electrons. The van der Waals surface area contributed by atoms with Crippen LogP contribution in [0, 0.1) is 0 Å². The summed E-state index contributed by atoms with van der Waals surface area (Å²) < 4.78 is 0. The Bertz CT molecular complexity index is 954. The molecule has 8 nitrogen and oxygen atoms in total. The van der Waals surface area contributed by atoms with Crippen molar-refractivity contribution in [2.24, 2.45) is 11.5 Å². The Kier molecular flexibility index (Phi) is 9.10. The van der Waals surface area contributed by atoms with E-state index in [1.165, 1.54) is 24.1 Å². The third-order valence-corrected chi connectivity index (χ3v) is 6.69. The minimum absolute atomic E-state index is 0.0695. The van der Waals surface area contributed by atoms with Gasteiger partial charge in [0.25, 0.3) is 0 Å². The van der Waals surface area contributed by atoms with Gasteiger partial charge in [-0.1, -0.05) is 32.0 Å². The zero-order valence-electron chi connectivity index (χ0n) is 21.2. The van der Waals surface area contributed by atoms with Crippen LogP contribution in [0.1, 0.15) is 69.2 Å². The zero-order chi connectivity index (χ0) is 24.7. The molecule has 2 aromatic rings. The molecule has 2 aliphatic rings. The third-order valence-electron chi connectivity index (χ3n) is 6.69. The second kappa shape index (κ2) is 12.0. The molecule has 2 amide bonds. The Hall–Kier alpha value is -2.87. The van der Waals surface area contributed by atoms with Crippen LogP contribution in [-0.4, -0.2) is 42.2 Å². The summed E-state index contributed by atoms with van der Waals surface area (Å²) in [5.74, 6) is 1.75. The topological polar surface area (TPSA) is 113 Å². The number of aromatic nitrogens is 2. The first-order chi connectivity index (χ1) is 16.5. The van der Waals surface area contributed by atoms with Gasteiger partial charge in [0, 0.05) is 38.3 Å². The summed E-state index contributed by atoms with van der Waals surface area (Å²) >= 11 is 0. The predicted octanol–water partition coefficient (Wildman–Crippen LogP) is 4.21. The van der Waals surface area contributed by atoms with E-state index in [2.05, 4.69) is 10.2 Å². The lowest BCUT2D eigenvalue weighted by Gasteiger charge is -2.37. The summed E-state index contributed by atoms with van der Waals surface area (Å²) in [7, 11) is 4.09. The highest BCUT2D eigenvalue weighted by molar-refractivity contribution is 5.92. The van der Waals surface area contributed by atoms with Crippen molar-refractivity contribution in [3.8, 4) is 0 Å². The van der Waals surface area contributed by atoms with E-state index in [0.29, 0.717) is 6.54 Å². The minimum atomic E-state index is -0.420. The van der Waals surface area contributed by atoms with Gasteiger partial charge in [0.1, 0.15) is 5.82 Å². The highest BCUT2D eigenvalue weighted by Gasteiger charge is 2.30.